The molecule has 0 amide bonds. The molecule has 0 bridgehead atoms. The van der Waals surface area contributed by atoms with E-state index in [2.05, 4.69) is 71.3 Å². The lowest BCUT2D eigenvalue weighted by atomic mass is 9.96. The van der Waals surface area contributed by atoms with Crippen LogP contribution in [-0.2, 0) is 13.1 Å². The molecule has 0 atom stereocenters. The Balaban J connectivity index is 1.59. The molecule has 0 aromatic heterocycles. The highest BCUT2D eigenvalue weighted by molar-refractivity contribution is 5.96. The summed E-state index contributed by atoms with van der Waals surface area (Å²) >= 11 is 0. The van der Waals surface area contributed by atoms with Gasteiger partial charge >= 0.3 is 0 Å². The Morgan fingerprint density at radius 3 is 2.33 bits per heavy atom. The first-order valence-corrected chi connectivity index (χ1v) is 11.8. The number of ether oxygens (including phenoxy) is 1. The zero-order valence-corrected chi connectivity index (χ0v) is 19.4. The lowest BCUT2D eigenvalue weighted by Gasteiger charge is -2.25. The predicted octanol–water partition coefficient (Wildman–Crippen LogP) is 5.71. The summed E-state index contributed by atoms with van der Waals surface area (Å²) in [5.74, 6) is 1.58. The van der Waals surface area contributed by atoms with Crippen molar-refractivity contribution in [1.82, 2.24) is 5.32 Å². The third kappa shape index (κ3) is 6.36. The lowest BCUT2D eigenvalue weighted by Crippen LogP contribution is -2.40. The molecule has 1 saturated carbocycles. The summed E-state index contributed by atoms with van der Waals surface area (Å²) in [7, 11) is 1.70. The van der Waals surface area contributed by atoms with Gasteiger partial charge in [-0.15, -0.1) is 0 Å². The van der Waals surface area contributed by atoms with E-state index in [0.717, 1.165) is 34.1 Å². The zero-order chi connectivity index (χ0) is 22.9. The molecule has 3 aromatic rings. The molecular formula is C28H34N4O. The van der Waals surface area contributed by atoms with Crippen LogP contribution in [0, 0.1) is 0 Å². The van der Waals surface area contributed by atoms with Gasteiger partial charge in [0.15, 0.2) is 5.96 Å². The van der Waals surface area contributed by atoms with Crippen molar-refractivity contribution in [3.8, 4) is 16.9 Å². The first-order valence-electron chi connectivity index (χ1n) is 11.8. The second kappa shape index (κ2) is 11.5. The molecule has 172 valence electrons. The lowest BCUT2D eigenvalue weighted by molar-refractivity contribution is 0.411. The molecule has 0 heterocycles. The van der Waals surface area contributed by atoms with Gasteiger partial charge in [0.25, 0.3) is 0 Å². The van der Waals surface area contributed by atoms with Gasteiger partial charge in [0.05, 0.1) is 19.3 Å². The van der Waals surface area contributed by atoms with Crippen LogP contribution in [0.2, 0.25) is 0 Å². The highest BCUT2D eigenvalue weighted by Gasteiger charge is 2.16. The molecule has 0 saturated heterocycles. The van der Waals surface area contributed by atoms with Crippen LogP contribution in [0.25, 0.3) is 11.1 Å². The molecule has 5 heteroatoms. The van der Waals surface area contributed by atoms with Crippen molar-refractivity contribution >= 4 is 11.6 Å². The van der Waals surface area contributed by atoms with E-state index in [1.807, 2.05) is 12.1 Å². The van der Waals surface area contributed by atoms with E-state index in [4.69, 9.17) is 15.5 Å². The van der Waals surface area contributed by atoms with Crippen LogP contribution in [0.1, 0.15) is 43.2 Å². The Labute approximate surface area is 197 Å². The second-order valence-electron chi connectivity index (χ2n) is 8.57. The molecule has 3 aromatic carbocycles. The van der Waals surface area contributed by atoms with Gasteiger partial charge in [-0.1, -0.05) is 79.9 Å². The summed E-state index contributed by atoms with van der Waals surface area (Å²) in [6.45, 7) is 1.14. The van der Waals surface area contributed by atoms with E-state index in [-0.39, 0.29) is 0 Å². The minimum absolute atomic E-state index is 0.438. The molecule has 1 aliphatic carbocycles. The number of rotatable bonds is 7. The molecule has 0 aliphatic heterocycles. The van der Waals surface area contributed by atoms with Crippen molar-refractivity contribution in [3.63, 3.8) is 0 Å². The molecule has 1 fully saturated rings. The molecule has 33 heavy (non-hydrogen) atoms. The minimum Gasteiger partial charge on any atom is -0.495 e. The summed E-state index contributed by atoms with van der Waals surface area (Å²) in [6, 6.07) is 25.4. The van der Waals surface area contributed by atoms with Crippen molar-refractivity contribution in [1.29, 1.82) is 0 Å². The standard InChI is InChI=1S/C28H34N4O/c1-33-27-17-16-24(23-8-4-2-5-9-23)18-26(27)32-28(31-25-10-6-3-7-11-25)30-20-22-14-12-21(19-29)13-15-22/h2,4-5,8-9,12-18,25H,3,6-7,10-11,19-20,29H2,1H3,(H2,30,31,32). The van der Waals surface area contributed by atoms with Gasteiger partial charge in [-0.05, 0) is 47.2 Å². The monoisotopic (exact) mass is 442 g/mol. The number of benzene rings is 3. The first-order chi connectivity index (χ1) is 16.2. The van der Waals surface area contributed by atoms with E-state index in [0.29, 0.717) is 19.1 Å². The maximum atomic E-state index is 5.73. The number of aliphatic imine (C=N–C) groups is 1. The Kier molecular flexibility index (Phi) is 7.99. The van der Waals surface area contributed by atoms with Crippen LogP contribution in [0.3, 0.4) is 0 Å². The number of nitrogens with one attached hydrogen (secondary N) is 2. The van der Waals surface area contributed by atoms with E-state index in [1.54, 1.807) is 7.11 Å². The molecule has 0 unspecified atom stereocenters. The molecule has 0 spiro atoms. The summed E-state index contributed by atoms with van der Waals surface area (Å²) < 4.78 is 5.66. The largest absolute Gasteiger partial charge is 0.495 e. The van der Waals surface area contributed by atoms with Crippen molar-refractivity contribution in [3.05, 3.63) is 83.9 Å². The summed E-state index contributed by atoms with van der Waals surface area (Å²) in [4.78, 5) is 4.92. The van der Waals surface area contributed by atoms with Crippen molar-refractivity contribution in [2.24, 2.45) is 10.7 Å². The fourth-order valence-corrected chi connectivity index (χ4v) is 4.26. The highest BCUT2D eigenvalue weighted by Crippen LogP contribution is 2.30. The average Bonchev–Trinajstić information content (AvgIpc) is 2.88. The Morgan fingerprint density at radius 1 is 0.909 bits per heavy atom. The number of hydrogen-bond acceptors (Lipinski definition) is 3. The van der Waals surface area contributed by atoms with Gasteiger partial charge in [-0.2, -0.15) is 0 Å². The third-order valence-corrected chi connectivity index (χ3v) is 6.18. The topological polar surface area (TPSA) is 71.7 Å². The first kappa shape index (κ1) is 22.9. The maximum Gasteiger partial charge on any atom is 0.196 e. The molecule has 5 nitrogen and oxygen atoms in total. The number of hydrogen-bond donors (Lipinski definition) is 3. The fourth-order valence-electron chi connectivity index (χ4n) is 4.26. The van der Waals surface area contributed by atoms with Gasteiger partial charge in [0, 0.05) is 12.6 Å². The van der Waals surface area contributed by atoms with E-state index in [1.165, 1.54) is 37.7 Å². The molecule has 4 rings (SSSR count). The Morgan fingerprint density at radius 2 is 1.64 bits per heavy atom. The fraction of sp³-hybridized carbons (Fsp3) is 0.321. The number of methoxy groups -OCH3 is 1. The van der Waals surface area contributed by atoms with Crippen molar-refractivity contribution < 1.29 is 4.74 Å². The zero-order valence-electron chi connectivity index (χ0n) is 19.4. The number of anilines is 1. The van der Waals surface area contributed by atoms with Crippen LogP contribution in [0.4, 0.5) is 5.69 Å². The summed E-state index contributed by atoms with van der Waals surface area (Å²) in [6.07, 6.45) is 6.19. The highest BCUT2D eigenvalue weighted by atomic mass is 16.5. The molecule has 4 N–H and O–H groups in total. The Hall–Kier alpha value is -3.31. The normalized spacial score (nSPS) is 14.7. The van der Waals surface area contributed by atoms with Crippen LogP contribution in [-0.4, -0.2) is 19.1 Å². The molecule has 1 aliphatic rings. The van der Waals surface area contributed by atoms with E-state index in [9.17, 15) is 0 Å². The van der Waals surface area contributed by atoms with Gasteiger partial charge in [0.1, 0.15) is 5.75 Å². The van der Waals surface area contributed by atoms with E-state index >= 15 is 0 Å². The van der Waals surface area contributed by atoms with Crippen LogP contribution in [0.15, 0.2) is 77.8 Å². The molecule has 0 radical (unpaired) electrons. The second-order valence-corrected chi connectivity index (χ2v) is 8.57. The minimum atomic E-state index is 0.438. The number of nitrogens with two attached hydrogens (primary N) is 1. The van der Waals surface area contributed by atoms with E-state index < -0.39 is 0 Å². The smallest absolute Gasteiger partial charge is 0.196 e. The summed E-state index contributed by atoms with van der Waals surface area (Å²) in [5.41, 5.74) is 11.2. The van der Waals surface area contributed by atoms with Gasteiger partial charge < -0.3 is 21.1 Å². The van der Waals surface area contributed by atoms with Crippen LogP contribution < -0.4 is 21.1 Å². The SMILES string of the molecule is COc1ccc(-c2ccccc2)cc1NC(=NCc1ccc(CN)cc1)NC1CCCCC1. The van der Waals surface area contributed by atoms with Crippen LogP contribution >= 0.6 is 0 Å². The van der Waals surface area contributed by atoms with Crippen LogP contribution in [0.5, 0.6) is 5.75 Å². The quantitative estimate of drug-likeness (QED) is 0.324. The van der Waals surface area contributed by atoms with Crippen molar-refractivity contribution in [2.75, 3.05) is 12.4 Å². The van der Waals surface area contributed by atoms with Gasteiger partial charge in [-0.3, -0.25) is 0 Å². The maximum absolute atomic E-state index is 5.73. The van der Waals surface area contributed by atoms with Gasteiger partial charge in [-0.25, -0.2) is 4.99 Å². The number of nitrogens with zero attached hydrogens (tertiary/aromatic N) is 1. The average molecular weight is 443 g/mol. The van der Waals surface area contributed by atoms with Gasteiger partial charge in [0.2, 0.25) is 0 Å². The summed E-state index contributed by atoms with van der Waals surface area (Å²) in [5, 5.41) is 7.21. The third-order valence-electron chi connectivity index (χ3n) is 6.18. The predicted molar refractivity (Wildman–Crippen MR) is 138 cm³/mol. The number of guanidine groups is 1. The molecular weight excluding hydrogens is 408 g/mol. The Bertz CT molecular complexity index is 1040. The van der Waals surface area contributed by atoms with Crippen molar-refractivity contribution in [2.45, 2.75) is 51.2 Å².